The number of hydrogen-bond acceptors (Lipinski definition) is 6. The molecule has 31 heavy (non-hydrogen) atoms. The van der Waals surface area contributed by atoms with Crippen LogP contribution < -0.4 is 10.9 Å². The highest BCUT2D eigenvalue weighted by Gasteiger charge is 2.09. The van der Waals surface area contributed by atoms with Crippen molar-refractivity contribution in [3.05, 3.63) is 132 Å². The van der Waals surface area contributed by atoms with Crippen LogP contribution in [-0.4, -0.2) is 28.1 Å². The summed E-state index contributed by atoms with van der Waals surface area (Å²) in [6.07, 6.45) is 3.52. The maximum Gasteiger partial charge on any atom is 0.117 e. The average molecular weight is 406 g/mol. The molecule has 0 unspecified atom stereocenters. The number of nitrogens with zero attached hydrogens (tertiary/aromatic N) is 4. The Balaban J connectivity index is 1.51. The first-order chi connectivity index (χ1) is 15.4. The van der Waals surface area contributed by atoms with E-state index >= 15 is 0 Å². The Morgan fingerprint density at radius 2 is 0.968 bits per heavy atom. The number of aromatic nitrogens is 2. The third-order valence-corrected chi connectivity index (χ3v) is 4.45. The Bertz CT molecular complexity index is 952. The maximum atomic E-state index is 4.56. The van der Waals surface area contributed by atoms with Crippen LogP contribution in [0.3, 0.4) is 0 Å². The molecule has 2 N–H and O–H groups in total. The molecule has 2 heterocycles. The third kappa shape index (κ3) is 5.39. The molecule has 4 rings (SSSR count). The number of hydrazone groups is 2. The molecule has 0 saturated heterocycles. The van der Waals surface area contributed by atoms with Crippen molar-refractivity contribution in [2.45, 2.75) is 0 Å². The van der Waals surface area contributed by atoms with Crippen molar-refractivity contribution in [1.29, 1.82) is 0 Å². The lowest BCUT2D eigenvalue weighted by Gasteiger charge is -2.09. The van der Waals surface area contributed by atoms with E-state index in [0.717, 1.165) is 33.9 Å². The lowest BCUT2D eigenvalue weighted by atomic mass is 10.1. The number of nitrogens with one attached hydrogen (secondary N) is 2. The lowest BCUT2D eigenvalue weighted by Crippen LogP contribution is -2.25. The molecule has 0 bridgehead atoms. The zero-order valence-corrected chi connectivity index (χ0v) is 16.9. The quantitative estimate of drug-likeness (QED) is 0.202. The van der Waals surface area contributed by atoms with Crippen LogP contribution in [0.2, 0.25) is 0 Å². The van der Waals surface area contributed by atoms with Gasteiger partial charge in [-0.15, -0.1) is 0 Å². The van der Waals surface area contributed by atoms with Gasteiger partial charge in [0, 0.05) is 23.5 Å². The van der Waals surface area contributed by atoms with Gasteiger partial charge in [-0.05, 0) is 24.3 Å². The molecule has 6 nitrogen and oxygen atoms in total. The molecule has 0 aliphatic heterocycles. The monoisotopic (exact) mass is 406 g/mol. The van der Waals surface area contributed by atoms with E-state index in [9.17, 15) is 0 Å². The van der Waals surface area contributed by atoms with Crippen molar-refractivity contribution in [3.63, 3.8) is 0 Å². The molecule has 0 atom stereocenters. The Morgan fingerprint density at radius 3 is 1.35 bits per heavy atom. The fraction of sp³-hybridized carbons (Fsp3) is 0.0400. The summed E-state index contributed by atoms with van der Waals surface area (Å²) in [5.41, 5.74) is 11.2. The minimum absolute atomic E-state index is 0.340. The Labute approximate surface area is 181 Å². The average Bonchev–Trinajstić information content (AvgIpc) is 2.86. The number of pyridine rings is 2. The topological polar surface area (TPSA) is 74.6 Å². The molecule has 0 saturated carbocycles. The van der Waals surface area contributed by atoms with Gasteiger partial charge in [0.25, 0.3) is 0 Å². The standard InChI is InChI=1S/C25H22N6/c1-3-11-20(12-4-1)24(22-15-7-9-17-26-22)30-28-19-29-31-25(21-13-5-2-6-14-21)23-16-8-10-18-27-23/h1-18,28-29H,19H2/b30-24-,31-25-. The van der Waals surface area contributed by atoms with Gasteiger partial charge in [-0.2, -0.15) is 10.2 Å². The minimum atomic E-state index is 0.340. The van der Waals surface area contributed by atoms with E-state index in [4.69, 9.17) is 0 Å². The molecule has 0 aliphatic carbocycles. The molecular formula is C25H22N6. The number of rotatable bonds is 8. The molecule has 0 spiro atoms. The van der Waals surface area contributed by atoms with Gasteiger partial charge in [-0.25, -0.2) is 0 Å². The van der Waals surface area contributed by atoms with Crippen molar-refractivity contribution >= 4 is 11.4 Å². The van der Waals surface area contributed by atoms with Crippen molar-refractivity contribution in [1.82, 2.24) is 20.8 Å². The van der Waals surface area contributed by atoms with Gasteiger partial charge in [0.05, 0.1) is 11.4 Å². The van der Waals surface area contributed by atoms with Gasteiger partial charge in [0.2, 0.25) is 0 Å². The van der Waals surface area contributed by atoms with Crippen LogP contribution in [0.1, 0.15) is 22.5 Å². The molecule has 0 fully saturated rings. The summed E-state index contributed by atoms with van der Waals surface area (Å²) >= 11 is 0. The van der Waals surface area contributed by atoms with E-state index < -0.39 is 0 Å². The van der Waals surface area contributed by atoms with Gasteiger partial charge in [-0.3, -0.25) is 20.8 Å². The summed E-state index contributed by atoms with van der Waals surface area (Å²) in [5.74, 6) is 0. The van der Waals surface area contributed by atoms with E-state index in [2.05, 4.69) is 31.0 Å². The first kappa shape index (κ1) is 20.0. The fourth-order valence-corrected chi connectivity index (χ4v) is 3.01. The Hall–Kier alpha value is -4.32. The summed E-state index contributed by atoms with van der Waals surface area (Å²) in [6, 6.07) is 31.5. The van der Waals surface area contributed by atoms with Crippen molar-refractivity contribution in [2.24, 2.45) is 10.2 Å². The maximum absolute atomic E-state index is 4.56. The van der Waals surface area contributed by atoms with Crippen LogP contribution in [0.25, 0.3) is 0 Å². The summed E-state index contributed by atoms with van der Waals surface area (Å²) < 4.78 is 0. The molecular weight excluding hydrogens is 384 g/mol. The second kappa shape index (κ2) is 10.5. The molecule has 2 aromatic heterocycles. The molecule has 0 amide bonds. The van der Waals surface area contributed by atoms with E-state index in [0.29, 0.717) is 6.67 Å². The lowest BCUT2D eigenvalue weighted by molar-refractivity contribution is 0.629. The van der Waals surface area contributed by atoms with E-state index in [-0.39, 0.29) is 0 Å². The largest absolute Gasteiger partial charge is 0.289 e. The second-order valence-corrected chi connectivity index (χ2v) is 6.58. The van der Waals surface area contributed by atoms with Crippen molar-refractivity contribution < 1.29 is 0 Å². The molecule has 0 aliphatic rings. The fourth-order valence-electron chi connectivity index (χ4n) is 3.01. The first-order valence-electron chi connectivity index (χ1n) is 9.96. The van der Waals surface area contributed by atoms with Gasteiger partial charge in [-0.1, -0.05) is 72.8 Å². The van der Waals surface area contributed by atoms with Crippen LogP contribution in [0.4, 0.5) is 0 Å². The summed E-state index contributed by atoms with van der Waals surface area (Å²) in [4.78, 5) is 8.87. The van der Waals surface area contributed by atoms with Crippen molar-refractivity contribution in [2.75, 3.05) is 6.67 Å². The van der Waals surface area contributed by atoms with Crippen LogP contribution >= 0.6 is 0 Å². The molecule has 2 aromatic carbocycles. The van der Waals surface area contributed by atoms with Crippen LogP contribution in [0.15, 0.2) is 120 Å². The van der Waals surface area contributed by atoms with Gasteiger partial charge >= 0.3 is 0 Å². The predicted molar refractivity (Wildman–Crippen MR) is 124 cm³/mol. The molecule has 4 aromatic rings. The van der Waals surface area contributed by atoms with Crippen molar-refractivity contribution in [3.8, 4) is 0 Å². The zero-order chi connectivity index (χ0) is 21.1. The van der Waals surface area contributed by atoms with Gasteiger partial charge in [0.1, 0.15) is 18.1 Å². The third-order valence-electron chi connectivity index (χ3n) is 4.45. The number of hydrogen-bond donors (Lipinski definition) is 2. The van der Waals surface area contributed by atoms with E-state index in [1.807, 2.05) is 97.1 Å². The van der Waals surface area contributed by atoms with Crippen LogP contribution in [0.5, 0.6) is 0 Å². The molecule has 0 radical (unpaired) electrons. The van der Waals surface area contributed by atoms with Gasteiger partial charge in [0.15, 0.2) is 0 Å². The highest BCUT2D eigenvalue weighted by atomic mass is 15.4. The summed E-state index contributed by atoms with van der Waals surface area (Å²) in [6.45, 7) is 0.340. The SMILES string of the molecule is c1ccc(/C(=N/NCN/N=C(/c2ccccc2)c2ccccn2)c2ccccn2)cc1. The summed E-state index contributed by atoms with van der Waals surface area (Å²) in [7, 11) is 0. The van der Waals surface area contributed by atoms with Gasteiger partial charge < -0.3 is 0 Å². The smallest absolute Gasteiger partial charge is 0.117 e. The summed E-state index contributed by atoms with van der Waals surface area (Å²) in [5, 5.41) is 9.13. The first-order valence-corrected chi connectivity index (χ1v) is 9.96. The Kier molecular flexibility index (Phi) is 6.74. The highest BCUT2D eigenvalue weighted by molar-refractivity contribution is 6.12. The number of benzene rings is 2. The second-order valence-electron chi connectivity index (χ2n) is 6.58. The van der Waals surface area contributed by atoms with E-state index in [1.54, 1.807) is 12.4 Å². The molecule has 6 heteroatoms. The normalized spacial score (nSPS) is 11.7. The minimum Gasteiger partial charge on any atom is -0.289 e. The van der Waals surface area contributed by atoms with Crippen LogP contribution in [-0.2, 0) is 0 Å². The zero-order valence-electron chi connectivity index (χ0n) is 16.9. The van der Waals surface area contributed by atoms with E-state index in [1.165, 1.54) is 0 Å². The van der Waals surface area contributed by atoms with Crippen LogP contribution in [0, 0.1) is 0 Å². The molecule has 152 valence electrons. The highest BCUT2D eigenvalue weighted by Crippen LogP contribution is 2.09. The Morgan fingerprint density at radius 1 is 0.548 bits per heavy atom. The predicted octanol–water partition coefficient (Wildman–Crippen LogP) is 3.82.